The number of nitrogens with one attached hydrogen (secondary N) is 1. The van der Waals surface area contributed by atoms with E-state index in [0.717, 1.165) is 39.1 Å². The van der Waals surface area contributed by atoms with Crippen LogP contribution in [-0.4, -0.2) is 63.0 Å². The number of carbonyl (C=O) groups is 2. The molecule has 2 aromatic carbocycles. The molecule has 0 bridgehead atoms. The van der Waals surface area contributed by atoms with E-state index in [0.29, 0.717) is 17.7 Å². The fourth-order valence-corrected chi connectivity index (χ4v) is 3.57. The number of para-hydroxylation sites is 1. The molecule has 0 spiro atoms. The van der Waals surface area contributed by atoms with E-state index in [1.807, 2.05) is 6.07 Å². The highest BCUT2D eigenvalue weighted by Gasteiger charge is 2.17. The number of methoxy groups -OCH3 is 1. The van der Waals surface area contributed by atoms with E-state index in [4.69, 9.17) is 4.74 Å². The first kappa shape index (κ1) is 21.0. The molecule has 0 radical (unpaired) electrons. The van der Waals surface area contributed by atoms with Crippen LogP contribution in [0.15, 0.2) is 54.6 Å². The zero-order chi connectivity index (χ0) is 20.5. The van der Waals surface area contributed by atoms with Crippen LogP contribution in [0.4, 0.5) is 11.4 Å². The molecule has 0 atom stereocenters. The number of Topliss-reactive ketones (excluding diaryl/α,β-unsaturated/α-hetero) is 1. The van der Waals surface area contributed by atoms with Gasteiger partial charge in [-0.3, -0.25) is 14.5 Å². The Morgan fingerprint density at radius 3 is 2.48 bits per heavy atom. The Balaban J connectivity index is 1.41. The zero-order valence-electron chi connectivity index (χ0n) is 17.0. The second-order valence-corrected chi connectivity index (χ2v) is 7.25. The van der Waals surface area contributed by atoms with Gasteiger partial charge in [-0.25, -0.2) is 0 Å². The molecule has 0 aliphatic carbocycles. The maximum atomic E-state index is 12.5. The maximum absolute atomic E-state index is 12.5. The highest BCUT2D eigenvalue weighted by Crippen LogP contribution is 2.17. The minimum atomic E-state index is -0.230. The SMILES string of the molecule is COCC(=O)Nc1cccc(C(=O)CCCN2CCN(c3ccccc3)CC2)c1. The van der Waals surface area contributed by atoms with Gasteiger partial charge in [0.25, 0.3) is 0 Å². The Hall–Kier alpha value is -2.70. The van der Waals surface area contributed by atoms with Crippen LogP contribution in [0.25, 0.3) is 0 Å². The molecule has 1 amide bonds. The van der Waals surface area contributed by atoms with Crippen LogP contribution >= 0.6 is 0 Å². The standard InChI is InChI=1S/C23H29N3O3/c1-29-18-23(28)24-20-8-5-7-19(17-20)22(27)11-6-12-25-13-15-26(16-14-25)21-9-3-2-4-10-21/h2-5,7-10,17H,6,11-16,18H2,1H3,(H,24,28). The van der Waals surface area contributed by atoms with Crippen molar-refractivity contribution >= 4 is 23.1 Å². The predicted molar refractivity (Wildman–Crippen MR) is 116 cm³/mol. The smallest absolute Gasteiger partial charge is 0.250 e. The number of piperazine rings is 1. The monoisotopic (exact) mass is 395 g/mol. The summed E-state index contributed by atoms with van der Waals surface area (Å²) in [5.41, 5.74) is 2.53. The molecule has 1 saturated heterocycles. The lowest BCUT2D eigenvalue weighted by atomic mass is 10.1. The van der Waals surface area contributed by atoms with E-state index in [1.54, 1.807) is 24.3 Å². The van der Waals surface area contributed by atoms with Crippen LogP contribution < -0.4 is 10.2 Å². The first-order valence-corrected chi connectivity index (χ1v) is 10.1. The summed E-state index contributed by atoms with van der Waals surface area (Å²) >= 11 is 0. The number of hydrogen-bond acceptors (Lipinski definition) is 5. The second kappa shape index (κ2) is 10.7. The first-order chi connectivity index (χ1) is 14.2. The van der Waals surface area contributed by atoms with Crippen LogP contribution in [0.3, 0.4) is 0 Å². The van der Waals surface area contributed by atoms with Gasteiger partial charge in [0, 0.05) is 56.6 Å². The van der Waals surface area contributed by atoms with E-state index < -0.39 is 0 Å². The average molecular weight is 396 g/mol. The lowest BCUT2D eigenvalue weighted by molar-refractivity contribution is -0.119. The van der Waals surface area contributed by atoms with Crippen molar-refractivity contribution in [3.8, 4) is 0 Å². The van der Waals surface area contributed by atoms with Crippen molar-refractivity contribution in [1.82, 2.24) is 4.90 Å². The lowest BCUT2D eigenvalue weighted by Gasteiger charge is -2.36. The summed E-state index contributed by atoms with van der Waals surface area (Å²) < 4.78 is 4.81. The van der Waals surface area contributed by atoms with Crippen molar-refractivity contribution in [2.75, 3.05) is 56.7 Å². The third-order valence-corrected chi connectivity index (χ3v) is 5.12. The number of nitrogens with zero attached hydrogens (tertiary/aromatic N) is 2. The summed E-state index contributed by atoms with van der Waals surface area (Å²) in [6.45, 7) is 4.99. The minimum Gasteiger partial charge on any atom is -0.375 e. The number of amides is 1. The molecule has 3 rings (SSSR count). The zero-order valence-corrected chi connectivity index (χ0v) is 17.0. The van der Waals surface area contributed by atoms with E-state index in [-0.39, 0.29) is 18.3 Å². The molecule has 6 nitrogen and oxygen atoms in total. The molecule has 1 fully saturated rings. The normalized spacial score (nSPS) is 14.6. The summed E-state index contributed by atoms with van der Waals surface area (Å²) in [6, 6.07) is 17.6. The quantitative estimate of drug-likeness (QED) is 0.661. The van der Waals surface area contributed by atoms with E-state index in [1.165, 1.54) is 12.8 Å². The van der Waals surface area contributed by atoms with Crippen molar-refractivity contribution in [2.24, 2.45) is 0 Å². The topological polar surface area (TPSA) is 61.9 Å². The van der Waals surface area contributed by atoms with Gasteiger partial charge in [-0.15, -0.1) is 0 Å². The van der Waals surface area contributed by atoms with Crippen molar-refractivity contribution < 1.29 is 14.3 Å². The van der Waals surface area contributed by atoms with E-state index in [2.05, 4.69) is 39.4 Å². The predicted octanol–water partition coefficient (Wildman–Crippen LogP) is 3.06. The Bertz CT molecular complexity index is 802. The number of rotatable bonds is 9. The van der Waals surface area contributed by atoms with Crippen molar-refractivity contribution in [3.05, 3.63) is 60.2 Å². The summed E-state index contributed by atoms with van der Waals surface area (Å²) in [5.74, 6) is -0.123. The van der Waals surface area contributed by atoms with Crippen LogP contribution in [0.5, 0.6) is 0 Å². The average Bonchev–Trinajstić information content (AvgIpc) is 2.75. The second-order valence-electron chi connectivity index (χ2n) is 7.25. The third kappa shape index (κ3) is 6.41. The number of hydrogen-bond donors (Lipinski definition) is 1. The van der Waals surface area contributed by atoms with Crippen LogP contribution in [-0.2, 0) is 9.53 Å². The van der Waals surface area contributed by atoms with Crippen LogP contribution in [0, 0.1) is 0 Å². The van der Waals surface area contributed by atoms with Gasteiger partial charge >= 0.3 is 0 Å². The molecule has 29 heavy (non-hydrogen) atoms. The number of ether oxygens (including phenoxy) is 1. The van der Waals surface area contributed by atoms with Gasteiger partial charge < -0.3 is 15.0 Å². The maximum Gasteiger partial charge on any atom is 0.250 e. The molecule has 0 aromatic heterocycles. The highest BCUT2D eigenvalue weighted by molar-refractivity contribution is 5.98. The van der Waals surface area contributed by atoms with Crippen molar-refractivity contribution in [3.63, 3.8) is 0 Å². The first-order valence-electron chi connectivity index (χ1n) is 10.1. The number of benzene rings is 2. The number of anilines is 2. The lowest BCUT2D eigenvalue weighted by Crippen LogP contribution is -2.46. The third-order valence-electron chi connectivity index (χ3n) is 5.12. The van der Waals surface area contributed by atoms with Gasteiger partial charge in [-0.2, -0.15) is 0 Å². The molecule has 1 N–H and O–H groups in total. The van der Waals surface area contributed by atoms with Crippen molar-refractivity contribution in [1.29, 1.82) is 0 Å². The Morgan fingerprint density at radius 1 is 1.00 bits per heavy atom. The van der Waals surface area contributed by atoms with Gasteiger partial charge in [0.15, 0.2) is 5.78 Å². The molecule has 1 aliphatic heterocycles. The number of ketones is 1. The largest absolute Gasteiger partial charge is 0.375 e. The fourth-order valence-electron chi connectivity index (χ4n) is 3.57. The molecular formula is C23H29N3O3. The summed E-state index contributed by atoms with van der Waals surface area (Å²) in [4.78, 5) is 29.0. The Morgan fingerprint density at radius 2 is 1.76 bits per heavy atom. The minimum absolute atomic E-state index is 0.00426. The molecule has 1 aliphatic rings. The molecule has 0 unspecified atom stereocenters. The summed E-state index contributed by atoms with van der Waals surface area (Å²) in [5, 5.41) is 2.73. The van der Waals surface area contributed by atoms with Gasteiger partial charge in [0.2, 0.25) is 5.91 Å². The number of carbonyl (C=O) groups excluding carboxylic acids is 2. The molecule has 154 valence electrons. The van der Waals surface area contributed by atoms with Gasteiger partial charge in [0.1, 0.15) is 6.61 Å². The van der Waals surface area contributed by atoms with Gasteiger partial charge in [-0.1, -0.05) is 30.3 Å². The van der Waals surface area contributed by atoms with Gasteiger partial charge in [-0.05, 0) is 37.2 Å². The van der Waals surface area contributed by atoms with Gasteiger partial charge in [0.05, 0.1) is 0 Å². The molecule has 2 aromatic rings. The molecule has 6 heteroatoms. The highest BCUT2D eigenvalue weighted by atomic mass is 16.5. The summed E-state index contributed by atoms with van der Waals surface area (Å²) in [6.07, 6.45) is 1.35. The van der Waals surface area contributed by atoms with Crippen LogP contribution in [0.2, 0.25) is 0 Å². The molecule has 1 heterocycles. The van der Waals surface area contributed by atoms with E-state index >= 15 is 0 Å². The Labute approximate surface area is 172 Å². The fraction of sp³-hybridized carbons (Fsp3) is 0.391. The van der Waals surface area contributed by atoms with Crippen LogP contribution in [0.1, 0.15) is 23.2 Å². The molecular weight excluding hydrogens is 366 g/mol. The Kier molecular flexibility index (Phi) is 7.78. The summed E-state index contributed by atoms with van der Waals surface area (Å²) in [7, 11) is 1.47. The van der Waals surface area contributed by atoms with E-state index in [9.17, 15) is 9.59 Å². The molecule has 0 saturated carbocycles. The van der Waals surface area contributed by atoms with Crippen molar-refractivity contribution in [2.45, 2.75) is 12.8 Å².